The third-order valence-corrected chi connectivity index (χ3v) is 5.10. The number of halogens is 1. The zero-order valence-electron chi connectivity index (χ0n) is 18.2. The van der Waals surface area contributed by atoms with E-state index >= 15 is 0 Å². The van der Waals surface area contributed by atoms with Crippen LogP contribution in [0.15, 0.2) is 76.3 Å². The van der Waals surface area contributed by atoms with Crippen molar-refractivity contribution in [2.75, 3.05) is 19.5 Å². The fourth-order valence-corrected chi connectivity index (χ4v) is 3.19. The molecule has 10 heteroatoms. The van der Waals surface area contributed by atoms with Gasteiger partial charge in [-0.3, -0.25) is 9.59 Å². The summed E-state index contributed by atoms with van der Waals surface area (Å²) >= 11 is 3.31. The van der Waals surface area contributed by atoms with Crippen LogP contribution in [0.3, 0.4) is 0 Å². The number of carbonyl (C=O) groups excluding carboxylic acids is 3. The molecule has 3 aromatic rings. The number of rotatable bonds is 7. The van der Waals surface area contributed by atoms with Crippen LogP contribution in [0.25, 0.3) is 0 Å². The molecular weight excluding hydrogens is 506 g/mol. The molecular formula is C24H20BrN3O6. The van der Waals surface area contributed by atoms with Crippen LogP contribution in [0.2, 0.25) is 0 Å². The largest absolute Gasteiger partial charge is 0.497 e. The van der Waals surface area contributed by atoms with Crippen molar-refractivity contribution < 1.29 is 28.6 Å². The highest BCUT2D eigenvalue weighted by Crippen LogP contribution is 2.28. The van der Waals surface area contributed by atoms with Crippen LogP contribution in [-0.2, 0) is 9.59 Å². The number of hydrogen-bond donors (Lipinski definition) is 2. The maximum atomic E-state index is 12.4. The van der Waals surface area contributed by atoms with Gasteiger partial charge >= 0.3 is 17.8 Å². The van der Waals surface area contributed by atoms with Gasteiger partial charge in [0, 0.05) is 10.5 Å². The molecule has 34 heavy (non-hydrogen) atoms. The smallest absolute Gasteiger partial charge is 0.344 e. The zero-order chi connectivity index (χ0) is 24.5. The first-order valence-corrected chi connectivity index (χ1v) is 10.6. The van der Waals surface area contributed by atoms with E-state index in [4.69, 9.17) is 14.2 Å². The Balaban J connectivity index is 1.59. The summed E-state index contributed by atoms with van der Waals surface area (Å²) in [7, 11) is 2.93. The number of methoxy groups -OCH3 is 2. The van der Waals surface area contributed by atoms with E-state index in [1.165, 1.54) is 20.4 Å². The van der Waals surface area contributed by atoms with E-state index in [1.807, 2.05) is 0 Å². The molecule has 0 unspecified atom stereocenters. The van der Waals surface area contributed by atoms with Gasteiger partial charge in [-0.25, -0.2) is 10.2 Å². The predicted octanol–water partition coefficient (Wildman–Crippen LogP) is 3.77. The molecule has 0 saturated heterocycles. The lowest BCUT2D eigenvalue weighted by atomic mass is 10.2. The molecule has 3 rings (SSSR count). The normalized spacial score (nSPS) is 10.4. The van der Waals surface area contributed by atoms with Crippen LogP contribution in [0, 0.1) is 0 Å². The Bertz CT molecular complexity index is 1240. The van der Waals surface area contributed by atoms with Gasteiger partial charge in [0.05, 0.1) is 31.7 Å². The van der Waals surface area contributed by atoms with Crippen LogP contribution in [0.1, 0.15) is 15.9 Å². The van der Waals surface area contributed by atoms with Crippen LogP contribution in [-0.4, -0.2) is 38.2 Å². The third kappa shape index (κ3) is 6.42. The standard InChI is InChI=1S/C24H20BrN3O6/c1-32-16-10-11-20(21(13-16)33-2)27-22(29)23(30)28-26-14-15-6-5-7-17(12-15)34-24(31)18-8-3-4-9-19(18)25/h3-14H,1-2H3,(H,27,29)(H,28,30)/b26-14+. The van der Waals surface area contributed by atoms with Crippen molar-refractivity contribution in [2.24, 2.45) is 5.10 Å². The highest BCUT2D eigenvalue weighted by molar-refractivity contribution is 9.10. The van der Waals surface area contributed by atoms with Crippen molar-refractivity contribution in [2.45, 2.75) is 0 Å². The van der Waals surface area contributed by atoms with Crippen molar-refractivity contribution >= 4 is 45.6 Å². The number of nitrogens with zero attached hydrogens (tertiary/aromatic N) is 1. The molecule has 9 nitrogen and oxygen atoms in total. The number of hydrogen-bond acceptors (Lipinski definition) is 7. The zero-order valence-corrected chi connectivity index (χ0v) is 19.8. The average Bonchev–Trinajstić information content (AvgIpc) is 2.84. The summed E-state index contributed by atoms with van der Waals surface area (Å²) in [6, 6.07) is 18.2. The molecule has 2 N–H and O–H groups in total. The molecule has 0 fully saturated rings. The van der Waals surface area contributed by atoms with Crippen LogP contribution < -0.4 is 25.0 Å². The van der Waals surface area contributed by atoms with Gasteiger partial charge in [0.2, 0.25) is 0 Å². The minimum absolute atomic E-state index is 0.292. The summed E-state index contributed by atoms with van der Waals surface area (Å²) in [6.45, 7) is 0. The number of anilines is 1. The van der Waals surface area contributed by atoms with Crippen molar-refractivity contribution in [3.63, 3.8) is 0 Å². The van der Waals surface area contributed by atoms with Crippen molar-refractivity contribution in [3.05, 3.63) is 82.3 Å². The number of hydrazone groups is 1. The van der Waals surface area contributed by atoms with E-state index in [9.17, 15) is 14.4 Å². The lowest BCUT2D eigenvalue weighted by molar-refractivity contribution is -0.136. The fraction of sp³-hybridized carbons (Fsp3) is 0.0833. The van der Waals surface area contributed by atoms with Gasteiger partial charge in [-0.15, -0.1) is 0 Å². The Morgan fingerprint density at radius 3 is 2.41 bits per heavy atom. The highest BCUT2D eigenvalue weighted by atomic mass is 79.9. The maximum absolute atomic E-state index is 12.4. The molecule has 2 amide bonds. The molecule has 0 saturated carbocycles. The molecule has 174 valence electrons. The molecule has 0 aliphatic carbocycles. The molecule has 0 spiro atoms. The second-order valence-corrected chi connectivity index (χ2v) is 7.52. The van der Waals surface area contributed by atoms with Gasteiger partial charge < -0.3 is 19.5 Å². The quantitative estimate of drug-likeness (QED) is 0.159. The summed E-state index contributed by atoms with van der Waals surface area (Å²) in [5.41, 5.74) is 3.36. The Morgan fingerprint density at radius 1 is 0.882 bits per heavy atom. The summed E-state index contributed by atoms with van der Waals surface area (Å²) < 4.78 is 16.3. The molecule has 0 atom stereocenters. The van der Waals surface area contributed by atoms with Gasteiger partial charge in [0.1, 0.15) is 17.2 Å². The lowest BCUT2D eigenvalue weighted by Crippen LogP contribution is -2.32. The highest BCUT2D eigenvalue weighted by Gasteiger charge is 2.16. The van der Waals surface area contributed by atoms with Crippen molar-refractivity contribution in [1.82, 2.24) is 5.43 Å². The fourth-order valence-electron chi connectivity index (χ4n) is 2.74. The average molecular weight is 526 g/mol. The second-order valence-electron chi connectivity index (χ2n) is 6.66. The number of esters is 1. The first-order chi connectivity index (χ1) is 16.4. The predicted molar refractivity (Wildman–Crippen MR) is 129 cm³/mol. The van der Waals surface area contributed by atoms with E-state index < -0.39 is 17.8 Å². The first-order valence-electron chi connectivity index (χ1n) is 9.84. The number of amides is 2. The van der Waals surface area contributed by atoms with Gasteiger partial charge in [-0.1, -0.05) is 24.3 Å². The van der Waals surface area contributed by atoms with Gasteiger partial charge in [-0.2, -0.15) is 5.10 Å². The summed E-state index contributed by atoms with van der Waals surface area (Å²) in [5, 5.41) is 6.23. The van der Waals surface area contributed by atoms with Crippen molar-refractivity contribution in [1.29, 1.82) is 0 Å². The number of nitrogens with one attached hydrogen (secondary N) is 2. The van der Waals surface area contributed by atoms with Gasteiger partial charge in [0.15, 0.2) is 0 Å². The van der Waals surface area contributed by atoms with Crippen LogP contribution >= 0.6 is 15.9 Å². The van der Waals surface area contributed by atoms with E-state index in [0.29, 0.717) is 38.5 Å². The Morgan fingerprint density at radius 2 is 1.68 bits per heavy atom. The van der Waals surface area contributed by atoms with Crippen molar-refractivity contribution in [3.8, 4) is 17.2 Å². The summed E-state index contributed by atoms with van der Waals surface area (Å²) in [4.78, 5) is 36.6. The van der Waals surface area contributed by atoms with E-state index in [1.54, 1.807) is 66.7 Å². The Kier molecular flexibility index (Phi) is 8.36. The van der Waals surface area contributed by atoms with Crippen LogP contribution in [0.5, 0.6) is 17.2 Å². The lowest BCUT2D eigenvalue weighted by Gasteiger charge is -2.10. The number of benzene rings is 3. The monoisotopic (exact) mass is 525 g/mol. The molecule has 3 aromatic carbocycles. The number of carbonyl (C=O) groups is 3. The van der Waals surface area contributed by atoms with E-state index in [2.05, 4.69) is 31.8 Å². The van der Waals surface area contributed by atoms with Crippen LogP contribution in [0.4, 0.5) is 5.69 Å². The molecule has 0 radical (unpaired) electrons. The van der Waals surface area contributed by atoms with Gasteiger partial charge in [0.25, 0.3) is 0 Å². The first kappa shape index (κ1) is 24.5. The Hall–Kier alpha value is -4.18. The maximum Gasteiger partial charge on any atom is 0.344 e. The third-order valence-electron chi connectivity index (χ3n) is 4.41. The molecule has 0 aliphatic rings. The van der Waals surface area contributed by atoms with Gasteiger partial charge in [-0.05, 0) is 57.9 Å². The second kappa shape index (κ2) is 11.6. The molecule has 0 aliphatic heterocycles. The minimum Gasteiger partial charge on any atom is -0.497 e. The van der Waals surface area contributed by atoms with E-state index in [0.717, 1.165) is 0 Å². The summed E-state index contributed by atoms with van der Waals surface area (Å²) in [6.07, 6.45) is 1.31. The number of ether oxygens (including phenoxy) is 3. The SMILES string of the molecule is COc1ccc(NC(=O)C(=O)N/N=C/c2cccc(OC(=O)c3ccccc3Br)c2)c(OC)c1. The molecule has 0 aromatic heterocycles. The summed E-state index contributed by atoms with van der Waals surface area (Å²) in [5.74, 6) is -1.28. The topological polar surface area (TPSA) is 115 Å². The van der Waals surface area contributed by atoms with E-state index in [-0.39, 0.29) is 0 Å². The Labute approximate surface area is 203 Å². The minimum atomic E-state index is -0.981. The molecule has 0 heterocycles. The molecule has 0 bridgehead atoms.